The summed E-state index contributed by atoms with van der Waals surface area (Å²) in [6.45, 7) is 5.56. The fourth-order valence-corrected chi connectivity index (χ4v) is 2.68. The Kier molecular flexibility index (Phi) is 5.15. The Morgan fingerprint density at radius 2 is 1.95 bits per heavy atom. The third-order valence-corrected chi connectivity index (χ3v) is 4.11. The van der Waals surface area contributed by atoms with Gasteiger partial charge in [-0.3, -0.25) is 0 Å². The zero-order valence-electron chi connectivity index (χ0n) is 12.6. The maximum absolute atomic E-state index is 10.1. The van der Waals surface area contributed by atoms with Crippen LogP contribution in [0.15, 0.2) is 24.3 Å². The summed E-state index contributed by atoms with van der Waals surface area (Å²) in [7, 11) is 2.03. The van der Waals surface area contributed by atoms with Crippen molar-refractivity contribution in [2.45, 2.75) is 39.3 Å². The summed E-state index contributed by atoms with van der Waals surface area (Å²) in [4.78, 5) is 4.61. The molecular weight excluding hydrogens is 250 g/mol. The second-order valence-corrected chi connectivity index (χ2v) is 5.35. The number of hydrogen-bond donors (Lipinski definition) is 2. The molecule has 0 spiro atoms. The van der Waals surface area contributed by atoms with Gasteiger partial charge in [0.05, 0.1) is 23.7 Å². The lowest BCUT2D eigenvalue weighted by molar-refractivity contribution is 0.101. The van der Waals surface area contributed by atoms with Crippen LogP contribution in [-0.2, 0) is 13.6 Å². The summed E-state index contributed by atoms with van der Waals surface area (Å²) >= 11 is 0. The van der Waals surface area contributed by atoms with Crippen molar-refractivity contribution < 1.29 is 5.11 Å². The minimum atomic E-state index is -0.278. The molecular formula is C16H25N3O. The number of nitrogens with zero attached hydrogens (tertiary/aromatic N) is 2. The van der Waals surface area contributed by atoms with Crippen LogP contribution in [0.3, 0.4) is 0 Å². The Hall–Kier alpha value is -1.39. The summed E-state index contributed by atoms with van der Waals surface area (Å²) in [6.07, 6.45) is 1.76. The lowest BCUT2D eigenvalue weighted by Crippen LogP contribution is -2.32. The van der Waals surface area contributed by atoms with Crippen LogP contribution in [-0.4, -0.2) is 27.3 Å². The monoisotopic (exact) mass is 275 g/mol. The molecule has 0 saturated heterocycles. The van der Waals surface area contributed by atoms with E-state index in [4.69, 9.17) is 0 Å². The van der Waals surface area contributed by atoms with Gasteiger partial charge in [-0.1, -0.05) is 38.8 Å². The van der Waals surface area contributed by atoms with Gasteiger partial charge in [-0.25, -0.2) is 4.98 Å². The summed E-state index contributed by atoms with van der Waals surface area (Å²) in [6, 6.07) is 8.13. The van der Waals surface area contributed by atoms with E-state index in [0.717, 1.165) is 29.7 Å². The first-order valence-corrected chi connectivity index (χ1v) is 7.46. The van der Waals surface area contributed by atoms with Crippen molar-refractivity contribution in [1.82, 2.24) is 14.9 Å². The highest BCUT2D eigenvalue weighted by molar-refractivity contribution is 5.75. The highest BCUT2D eigenvalue weighted by Crippen LogP contribution is 2.15. The first kappa shape index (κ1) is 15.0. The molecule has 2 rings (SSSR count). The molecule has 0 radical (unpaired) electrons. The highest BCUT2D eigenvalue weighted by Gasteiger charge is 2.15. The fourth-order valence-electron chi connectivity index (χ4n) is 2.68. The van der Waals surface area contributed by atoms with Crippen LogP contribution in [0, 0.1) is 5.92 Å². The Morgan fingerprint density at radius 3 is 2.60 bits per heavy atom. The van der Waals surface area contributed by atoms with Gasteiger partial charge in [-0.15, -0.1) is 0 Å². The van der Waals surface area contributed by atoms with Crippen LogP contribution in [0.25, 0.3) is 11.0 Å². The van der Waals surface area contributed by atoms with E-state index in [9.17, 15) is 5.11 Å². The van der Waals surface area contributed by atoms with Crippen molar-refractivity contribution in [3.05, 3.63) is 30.1 Å². The Morgan fingerprint density at radius 1 is 1.25 bits per heavy atom. The standard InChI is InChI=1S/C16H25N3O/c1-4-12(5-2)15(20)10-17-11-16-18-13-8-6-7-9-14(13)19(16)3/h6-9,12,15,17,20H,4-5,10-11H2,1-3H3. The fraction of sp³-hybridized carbons (Fsp3) is 0.562. The lowest BCUT2D eigenvalue weighted by atomic mass is 9.97. The first-order valence-electron chi connectivity index (χ1n) is 7.46. The molecule has 1 unspecified atom stereocenters. The molecule has 2 aromatic rings. The van der Waals surface area contributed by atoms with Gasteiger partial charge in [0.2, 0.25) is 0 Å². The maximum Gasteiger partial charge on any atom is 0.123 e. The molecule has 0 amide bonds. The number of rotatable bonds is 7. The second kappa shape index (κ2) is 6.86. The molecule has 2 N–H and O–H groups in total. The highest BCUT2D eigenvalue weighted by atomic mass is 16.3. The third-order valence-electron chi connectivity index (χ3n) is 4.11. The van der Waals surface area contributed by atoms with Gasteiger partial charge in [-0.2, -0.15) is 0 Å². The van der Waals surface area contributed by atoms with Gasteiger partial charge in [0.15, 0.2) is 0 Å². The van der Waals surface area contributed by atoms with Crippen LogP contribution in [0.5, 0.6) is 0 Å². The number of aryl methyl sites for hydroxylation is 1. The smallest absolute Gasteiger partial charge is 0.123 e. The predicted molar refractivity (Wildman–Crippen MR) is 82.5 cm³/mol. The van der Waals surface area contributed by atoms with Crippen LogP contribution in [0.4, 0.5) is 0 Å². The molecule has 0 aliphatic heterocycles. The number of imidazole rings is 1. The summed E-state index contributed by atoms with van der Waals surface area (Å²) in [5.74, 6) is 1.38. The van der Waals surface area contributed by atoms with Gasteiger partial charge < -0.3 is 15.0 Å². The van der Waals surface area contributed by atoms with Crippen LogP contribution in [0.2, 0.25) is 0 Å². The molecule has 110 valence electrons. The molecule has 0 aliphatic carbocycles. The van der Waals surface area contributed by atoms with Gasteiger partial charge >= 0.3 is 0 Å². The molecule has 0 saturated carbocycles. The van der Waals surface area contributed by atoms with E-state index in [2.05, 4.69) is 34.8 Å². The predicted octanol–water partition coefficient (Wildman–Crippen LogP) is 2.46. The minimum Gasteiger partial charge on any atom is -0.392 e. The van der Waals surface area contributed by atoms with E-state index in [0.29, 0.717) is 19.0 Å². The summed E-state index contributed by atoms with van der Waals surface area (Å²) < 4.78 is 2.10. The van der Waals surface area contributed by atoms with Crippen LogP contribution in [0.1, 0.15) is 32.5 Å². The number of nitrogens with one attached hydrogen (secondary N) is 1. The zero-order valence-corrected chi connectivity index (χ0v) is 12.6. The number of aliphatic hydroxyl groups excluding tert-OH is 1. The van der Waals surface area contributed by atoms with Crippen molar-refractivity contribution in [2.24, 2.45) is 13.0 Å². The normalized spacial score (nSPS) is 13.2. The lowest BCUT2D eigenvalue weighted by Gasteiger charge is -2.20. The number of hydrogen-bond acceptors (Lipinski definition) is 3. The Balaban J connectivity index is 1.94. The second-order valence-electron chi connectivity index (χ2n) is 5.35. The van der Waals surface area contributed by atoms with Gasteiger partial charge in [0, 0.05) is 13.6 Å². The van der Waals surface area contributed by atoms with Crippen LogP contribution < -0.4 is 5.32 Å². The van der Waals surface area contributed by atoms with Crippen molar-refractivity contribution in [2.75, 3.05) is 6.54 Å². The zero-order chi connectivity index (χ0) is 14.5. The molecule has 1 aromatic carbocycles. The largest absolute Gasteiger partial charge is 0.392 e. The SMILES string of the molecule is CCC(CC)C(O)CNCc1nc2ccccc2n1C. The summed E-state index contributed by atoms with van der Waals surface area (Å²) in [5, 5.41) is 13.4. The number of para-hydroxylation sites is 2. The van der Waals surface area contributed by atoms with E-state index in [-0.39, 0.29) is 6.10 Å². The molecule has 4 nitrogen and oxygen atoms in total. The molecule has 0 aliphatic rings. The quantitative estimate of drug-likeness (QED) is 0.816. The van der Waals surface area contributed by atoms with Crippen molar-refractivity contribution in [3.8, 4) is 0 Å². The molecule has 1 aromatic heterocycles. The molecule has 1 atom stereocenters. The van der Waals surface area contributed by atoms with E-state index in [1.165, 1.54) is 0 Å². The Labute approximate surface area is 120 Å². The number of fused-ring (bicyclic) bond motifs is 1. The van der Waals surface area contributed by atoms with Gasteiger partial charge in [-0.05, 0) is 18.1 Å². The Bertz CT molecular complexity index is 546. The number of benzene rings is 1. The molecule has 0 bridgehead atoms. The van der Waals surface area contributed by atoms with Gasteiger partial charge in [0.1, 0.15) is 5.82 Å². The average Bonchev–Trinajstić information content (AvgIpc) is 2.78. The van der Waals surface area contributed by atoms with E-state index < -0.39 is 0 Å². The van der Waals surface area contributed by atoms with Gasteiger partial charge in [0.25, 0.3) is 0 Å². The van der Waals surface area contributed by atoms with E-state index >= 15 is 0 Å². The minimum absolute atomic E-state index is 0.278. The number of aliphatic hydroxyl groups is 1. The molecule has 20 heavy (non-hydrogen) atoms. The topological polar surface area (TPSA) is 50.1 Å². The molecule has 0 fully saturated rings. The van der Waals surface area contributed by atoms with Crippen molar-refractivity contribution >= 4 is 11.0 Å². The van der Waals surface area contributed by atoms with E-state index in [1.54, 1.807) is 0 Å². The van der Waals surface area contributed by atoms with E-state index in [1.807, 2.05) is 25.2 Å². The first-order chi connectivity index (χ1) is 9.67. The third kappa shape index (κ3) is 3.19. The van der Waals surface area contributed by atoms with Crippen molar-refractivity contribution in [3.63, 3.8) is 0 Å². The summed E-state index contributed by atoms with van der Waals surface area (Å²) in [5.41, 5.74) is 2.16. The van der Waals surface area contributed by atoms with Crippen LogP contribution >= 0.6 is 0 Å². The maximum atomic E-state index is 10.1. The number of aromatic nitrogens is 2. The average molecular weight is 275 g/mol. The molecule has 1 heterocycles. The molecule has 4 heteroatoms. The van der Waals surface area contributed by atoms with Crippen molar-refractivity contribution in [1.29, 1.82) is 0 Å².